The molecule has 1 aliphatic rings. The minimum absolute atomic E-state index is 0.256. The van der Waals surface area contributed by atoms with E-state index < -0.39 is 0 Å². The van der Waals surface area contributed by atoms with Gasteiger partial charge in [-0.1, -0.05) is 22.9 Å². The molecule has 1 fully saturated rings. The second-order valence-electron chi connectivity index (χ2n) is 5.20. The molecular weight excluding hydrogens is 306 g/mol. The number of likely N-dealkylation sites (tertiary alicyclic amines) is 1. The summed E-state index contributed by atoms with van der Waals surface area (Å²) in [6.07, 6.45) is 2.75. The molecule has 1 aliphatic heterocycles. The van der Waals surface area contributed by atoms with Gasteiger partial charge in [-0.15, -0.1) is 0 Å². The molecule has 2 rings (SSSR count). The summed E-state index contributed by atoms with van der Waals surface area (Å²) in [5, 5.41) is 0. The van der Waals surface area contributed by atoms with Crippen molar-refractivity contribution >= 4 is 21.8 Å². The fraction of sp³-hybridized carbons (Fsp3) is 0.533. The topological polar surface area (TPSA) is 29.5 Å². The maximum Gasteiger partial charge on any atom is 0.222 e. The fourth-order valence-corrected chi connectivity index (χ4v) is 2.83. The summed E-state index contributed by atoms with van der Waals surface area (Å²) in [5.74, 6) is 1.73. The van der Waals surface area contributed by atoms with Gasteiger partial charge in [0.25, 0.3) is 0 Å². The van der Waals surface area contributed by atoms with Crippen LogP contribution in [0.15, 0.2) is 22.7 Å². The second kappa shape index (κ2) is 6.42. The molecule has 0 N–H and O–H groups in total. The second-order valence-corrected chi connectivity index (χ2v) is 6.12. The molecule has 0 saturated carbocycles. The first-order valence-corrected chi connectivity index (χ1v) is 7.49. The molecular formula is C15H20BrNO2. The largest absolute Gasteiger partial charge is 0.496 e. The first-order valence-electron chi connectivity index (χ1n) is 6.70. The van der Waals surface area contributed by atoms with Gasteiger partial charge in [0.1, 0.15) is 5.75 Å². The Bertz CT molecular complexity index is 461. The van der Waals surface area contributed by atoms with E-state index in [4.69, 9.17) is 4.74 Å². The standard InChI is InChI=1S/C15H20BrNO2/c1-11-3-6-15(18)17(8-7-11)10-12-9-13(16)4-5-14(12)19-2/h4-5,9,11H,3,6-8,10H2,1-2H3. The number of hydrogen-bond donors (Lipinski definition) is 0. The summed E-state index contributed by atoms with van der Waals surface area (Å²) in [4.78, 5) is 14.1. The first-order chi connectivity index (χ1) is 9.10. The van der Waals surface area contributed by atoms with E-state index in [-0.39, 0.29) is 5.91 Å². The molecule has 19 heavy (non-hydrogen) atoms. The molecule has 4 heteroatoms. The summed E-state index contributed by atoms with van der Waals surface area (Å²) in [5.41, 5.74) is 1.06. The van der Waals surface area contributed by atoms with E-state index in [2.05, 4.69) is 22.9 Å². The van der Waals surface area contributed by atoms with Gasteiger partial charge in [-0.3, -0.25) is 4.79 Å². The van der Waals surface area contributed by atoms with Crippen LogP contribution in [-0.2, 0) is 11.3 Å². The van der Waals surface area contributed by atoms with Gasteiger partial charge in [0.2, 0.25) is 5.91 Å². The Kier molecular flexibility index (Phi) is 4.86. The zero-order chi connectivity index (χ0) is 13.8. The molecule has 1 heterocycles. The van der Waals surface area contributed by atoms with Gasteiger partial charge in [-0.05, 0) is 37.0 Å². The van der Waals surface area contributed by atoms with E-state index in [0.717, 1.165) is 35.2 Å². The monoisotopic (exact) mass is 325 g/mol. The highest BCUT2D eigenvalue weighted by atomic mass is 79.9. The first kappa shape index (κ1) is 14.4. The van der Waals surface area contributed by atoms with Crippen LogP contribution in [0.1, 0.15) is 31.7 Å². The Balaban J connectivity index is 2.15. The third-order valence-corrected chi connectivity index (χ3v) is 4.19. The molecule has 1 aromatic rings. The van der Waals surface area contributed by atoms with Crippen LogP contribution >= 0.6 is 15.9 Å². The van der Waals surface area contributed by atoms with E-state index in [1.165, 1.54) is 0 Å². The van der Waals surface area contributed by atoms with Crippen molar-refractivity contribution in [3.8, 4) is 5.75 Å². The highest BCUT2D eigenvalue weighted by Gasteiger charge is 2.21. The van der Waals surface area contributed by atoms with Gasteiger partial charge in [0, 0.05) is 29.5 Å². The van der Waals surface area contributed by atoms with Crippen LogP contribution in [0.5, 0.6) is 5.75 Å². The Morgan fingerprint density at radius 3 is 2.95 bits per heavy atom. The van der Waals surface area contributed by atoms with Crippen LogP contribution in [0, 0.1) is 5.92 Å². The van der Waals surface area contributed by atoms with E-state index in [1.807, 2.05) is 23.1 Å². The molecule has 3 nitrogen and oxygen atoms in total. The average molecular weight is 326 g/mol. The van der Waals surface area contributed by atoms with Gasteiger partial charge < -0.3 is 9.64 Å². The van der Waals surface area contributed by atoms with Crippen LogP contribution in [0.25, 0.3) is 0 Å². The lowest BCUT2D eigenvalue weighted by Crippen LogP contribution is -2.29. The fourth-order valence-electron chi connectivity index (χ4n) is 2.42. The third kappa shape index (κ3) is 3.72. The number of amides is 1. The minimum Gasteiger partial charge on any atom is -0.496 e. The van der Waals surface area contributed by atoms with Crippen molar-refractivity contribution in [3.05, 3.63) is 28.2 Å². The van der Waals surface area contributed by atoms with E-state index in [0.29, 0.717) is 18.9 Å². The summed E-state index contributed by atoms with van der Waals surface area (Å²) >= 11 is 3.47. The zero-order valence-electron chi connectivity index (χ0n) is 11.5. The van der Waals surface area contributed by atoms with Gasteiger partial charge in [0.15, 0.2) is 0 Å². The maximum absolute atomic E-state index is 12.1. The quantitative estimate of drug-likeness (QED) is 0.849. The molecule has 1 atom stereocenters. The highest BCUT2D eigenvalue weighted by Crippen LogP contribution is 2.26. The van der Waals surface area contributed by atoms with Crippen molar-refractivity contribution in [3.63, 3.8) is 0 Å². The lowest BCUT2D eigenvalue weighted by molar-refractivity contribution is -0.131. The van der Waals surface area contributed by atoms with Gasteiger partial charge >= 0.3 is 0 Å². The number of carbonyl (C=O) groups is 1. The van der Waals surface area contributed by atoms with Crippen molar-refractivity contribution in [1.82, 2.24) is 4.90 Å². The van der Waals surface area contributed by atoms with Crippen molar-refractivity contribution in [1.29, 1.82) is 0 Å². The lowest BCUT2D eigenvalue weighted by atomic mass is 10.0. The number of hydrogen-bond acceptors (Lipinski definition) is 2. The predicted octanol–water partition coefficient (Wildman–Crippen LogP) is 3.61. The Labute approximate surface area is 123 Å². The summed E-state index contributed by atoms with van der Waals surface area (Å²) in [7, 11) is 1.67. The van der Waals surface area contributed by atoms with E-state index in [9.17, 15) is 4.79 Å². The smallest absolute Gasteiger partial charge is 0.222 e. The maximum atomic E-state index is 12.1. The van der Waals surface area contributed by atoms with Crippen LogP contribution in [0.4, 0.5) is 0 Å². The Hall–Kier alpha value is -1.03. The number of benzene rings is 1. The van der Waals surface area contributed by atoms with Gasteiger partial charge in [0.05, 0.1) is 7.11 Å². The molecule has 1 aromatic carbocycles. The highest BCUT2D eigenvalue weighted by molar-refractivity contribution is 9.10. The number of carbonyl (C=O) groups excluding carboxylic acids is 1. The molecule has 1 saturated heterocycles. The summed E-state index contributed by atoms with van der Waals surface area (Å²) in [6, 6.07) is 5.92. The number of rotatable bonds is 3. The van der Waals surface area contributed by atoms with Crippen molar-refractivity contribution in [2.24, 2.45) is 5.92 Å². The number of ether oxygens (including phenoxy) is 1. The number of halogens is 1. The Morgan fingerprint density at radius 2 is 2.21 bits per heavy atom. The number of nitrogens with zero attached hydrogens (tertiary/aromatic N) is 1. The van der Waals surface area contributed by atoms with Crippen molar-refractivity contribution < 1.29 is 9.53 Å². The third-order valence-electron chi connectivity index (χ3n) is 3.70. The average Bonchev–Trinajstić information content (AvgIpc) is 2.54. The normalized spacial score (nSPS) is 20.3. The van der Waals surface area contributed by atoms with Gasteiger partial charge in [-0.25, -0.2) is 0 Å². The molecule has 1 unspecified atom stereocenters. The zero-order valence-corrected chi connectivity index (χ0v) is 13.1. The van der Waals surface area contributed by atoms with E-state index >= 15 is 0 Å². The SMILES string of the molecule is COc1ccc(Br)cc1CN1CCC(C)CCC1=O. The minimum atomic E-state index is 0.256. The van der Waals surface area contributed by atoms with Crippen LogP contribution in [0.3, 0.4) is 0 Å². The molecule has 0 aromatic heterocycles. The molecule has 0 aliphatic carbocycles. The lowest BCUT2D eigenvalue weighted by Gasteiger charge is -2.22. The Morgan fingerprint density at radius 1 is 1.42 bits per heavy atom. The van der Waals surface area contributed by atoms with E-state index in [1.54, 1.807) is 7.11 Å². The number of methoxy groups -OCH3 is 1. The van der Waals surface area contributed by atoms with Crippen LogP contribution in [0.2, 0.25) is 0 Å². The molecule has 0 spiro atoms. The van der Waals surface area contributed by atoms with Crippen LogP contribution < -0.4 is 4.74 Å². The molecule has 1 amide bonds. The van der Waals surface area contributed by atoms with Crippen molar-refractivity contribution in [2.75, 3.05) is 13.7 Å². The molecule has 0 bridgehead atoms. The molecule has 104 valence electrons. The van der Waals surface area contributed by atoms with Crippen molar-refractivity contribution in [2.45, 2.75) is 32.7 Å². The van der Waals surface area contributed by atoms with Gasteiger partial charge in [-0.2, -0.15) is 0 Å². The molecule has 0 radical (unpaired) electrons. The van der Waals surface area contributed by atoms with Crippen LogP contribution in [-0.4, -0.2) is 24.5 Å². The predicted molar refractivity (Wildman–Crippen MR) is 79.1 cm³/mol. The summed E-state index contributed by atoms with van der Waals surface area (Å²) < 4.78 is 6.38. The summed E-state index contributed by atoms with van der Waals surface area (Å²) in [6.45, 7) is 3.69.